The van der Waals surface area contributed by atoms with E-state index in [1.165, 1.54) is 0 Å². The van der Waals surface area contributed by atoms with Crippen molar-refractivity contribution in [2.75, 3.05) is 26.0 Å². The molecule has 0 radical (unpaired) electrons. The van der Waals surface area contributed by atoms with Crippen molar-refractivity contribution in [1.29, 1.82) is 0 Å². The molecular formula is C20H25N5O2. The van der Waals surface area contributed by atoms with Gasteiger partial charge in [0.1, 0.15) is 5.82 Å². The zero-order valence-electron chi connectivity index (χ0n) is 15.7. The summed E-state index contributed by atoms with van der Waals surface area (Å²) in [5.41, 5.74) is 8.35. The number of amides is 2. The zero-order valence-corrected chi connectivity index (χ0v) is 15.7. The summed E-state index contributed by atoms with van der Waals surface area (Å²) < 4.78 is 0. The number of aromatic nitrogens is 1. The van der Waals surface area contributed by atoms with Gasteiger partial charge in [0, 0.05) is 11.4 Å². The van der Waals surface area contributed by atoms with Crippen LogP contribution in [0.3, 0.4) is 0 Å². The summed E-state index contributed by atoms with van der Waals surface area (Å²) in [5, 5.41) is 3.23. The van der Waals surface area contributed by atoms with Crippen LogP contribution in [0.5, 0.6) is 0 Å². The van der Waals surface area contributed by atoms with Gasteiger partial charge in [0.05, 0.1) is 12.1 Å². The number of carbonyl (C=O) groups excluding carboxylic acids is 2. The maximum absolute atomic E-state index is 12.7. The van der Waals surface area contributed by atoms with Crippen LogP contribution in [0.1, 0.15) is 34.5 Å². The van der Waals surface area contributed by atoms with E-state index in [9.17, 15) is 9.59 Å². The molecular weight excluding hydrogens is 342 g/mol. The Morgan fingerprint density at radius 2 is 1.81 bits per heavy atom. The van der Waals surface area contributed by atoms with E-state index in [1.807, 2.05) is 36.4 Å². The van der Waals surface area contributed by atoms with E-state index < -0.39 is 0 Å². The van der Waals surface area contributed by atoms with E-state index >= 15 is 0 Å². The Kier molecular flexibility index (Phi) is 6.03. The highest BCUT2D eigenvalue weighted by Gasteiger charge is 2.20. The van der Waals surface area contributed by atoms with E-state index in [2.05, 4.69) is 16.2 Å². The van der Waals surface area contributed by atoms with E-state index in [-0.39, 0.29) is 18.4 Å². The monoisotopic (exact) mass is 367 g/mol. The van der Waals surface area contributed by atoms with Gasteiger partial charge in [-0.05, 0) is 63.5 Å². The Bertz CT molecular complexity index is 821. The van der Waals surface area contributed by atoms with Gasteiger partial charge in [0.25, 0.3) is 11.8 Å². The molecule has 0 atom stereocenters. The largest absolute Gasteiger partial charge is 0.340 e. The second-order valence-corrected chi connectivity index (χ2v) is 6.93. The number of anilines is 2. The Hall–Kier alpha value is -2.93. The third-order valence-electron chi connectivity index (χ3n) is 4.36. The number of nitrogens with zero attached hydrogens (tertiary/aromatic N) is 2. The molecule has 3 N–H and O–H groups in total. The van der Waals surface area contributed by atoms with Crippen LogP contribution in [0.25, 0.3) is 0 Å². The van der Waals surface area contributed by atoms with Crippen LogP contribution in [0.4, 0.5) is 11.5 Å². The standard InChI is InChI=1S/C20H25N5O2/c1-25(2)13-18(26)23-24-20(27)16-12-14-8-6-7-11-17(14)22-19(16)21-15-9-4-3-5-10-15/h3-5,9-10,12H,6-8,11,13H2,1-2H3,(H,21,22)(H,23,26)(H,24,27). The quantitative estimate of drug-likeness (QED) is 0.704. The maximum atomic E-state index is 12.7. The minimum absolute atomic E-state index is 0.192. The lowest BCUT2D eigenvalue weighted by Crippen LogP contribution is -2.45. The number of pyridine rings is 1. The number of nitrogens with one attached hydrogen (secondary N) is 3. The lowest BCUT2D eigenvalue weighted by molar-refractivity contribution is -0.122. The molecule has 1 aliphatic rings. The first-order valence-corrected chi connectivity index (χ1v) is 9.11. The predicted octanol–water partition coefficient (Wildman–Crippen LogP) is 2.03. The minimum atomic E-state index is -0.388. The van der Waals surface area contributed by atoms with Gasteiger partial charge in [0.15, 0.2) is 0 Å². The average molecular weight is 367 g/mol. The number of para-hydroxylation sites is 1. The first kappa shape index (κ1) is 18.8. The van der Waals surface area contributed by atoms with Gasteiger partial charge in [-0.15, -0.1) is 0 Å². The number of aryl methyl sites for hydroxylation is 2. The van der Waals surface area contributed by atoms with Gasteiger partial charge in [-0.1, -0.05) is 18.2 Å². The molecule has 0 unspecified atom stereocenters. The Labute approximate surface area is 159 Å². The van der Waals surface area contributed by atoms with Crippen LogP contribution in [0, 0.1) is 0 Å². The highest BCUT2D eigenvalue weighted by atomic mass is 16.2. The first-order valence-electron chi connectivity index (χ1n) is 9.11. The molecule has 7 nitrogen and oxygen atoms in total. The normalized spacial score (nSPS) is 13.0. The maximum Gasteiger partial charge on any atom is 0.273 e. The van der Waals surface area contributed by atoms with Crippen molar-refractivity contribution in [3.8, 4) is 0 Å². The van der Waals surface area contributed by atoms with E-state index in [1.54, 1.807) is 19.0 Å². The smallest absolute Gasteiger partial charge is 0.273 e. The molecule has 2 amide bonds. The van der Waals surface area contributed by atoms with Crippen LogP contribution in [0.2, 0.25) is 0 Å². The van der Waals surface area contributed by atoms with Crippen LogP contribution in [-0.4, -0.2) is 42.3 Å². The molecule has 142 valence electrons. The Morgan fingerprint density at radius 1 is 1.07 bits per heavy atom. The minimum Gasteiger partial charge on any atom is -0.340 e. The lowest BCUT2D eigenvalue weighted by Gasteiger charge is -2.19. The summed E-state index contributed by atoms with van der Waals surface area (Å²) >= 11 is 0. The van der Waals surface area contributed by atoms with Crippen molar-refractivity contribution in [2.45, 2.75) is 25.7 Å². The number of fused-ring (bicyclic) bond motifs is 1. The van der Waals surface area contributed by atoms with Gasteiger partial charge >= 0.3 is 0 Å². The third-order valence-corrected chi connectivity index (χ3v) is 4.36. The van der Waals surface area contributed by atoms with Crippen molar-refractivity contribution < 1.29 is 9.59 Å². The molecule has 7 heteroatoms. The topological polar surface area (TPSA) is 86.4 Å². The number of hydrazine groups is 1. The van der Waals surface area contributed by atoms with Gasteiger partial charge in [-0.3, -0.25) is 20.4 Å². The Balaban J connectivity index is 1.83. The number of hydrogen-bond donors (Lipinski definition) is 3. The van der Waals surface area contributed by atoms with Gasteiger partial charge < -0.3 is 10.2 Å². The van der Waals surface area contributed by atoms with Crippen LogP contribution in [0.15, 0.2) is 36.4 Å². The van der Waals surface area contributed by atoms with E-state index in [4.69, 9.17) is 4.98 Å². The second kappa shape index (κ2) is 8.64. The van der Waals surface area contributed by atoms with Gasteiger partial charge in [-0.2, -0.15) is 0 Å². The van der Waals surface area contributed by atoms with Crippen LogP contribution in [-0.2, 0) is 17.6 Å². The predicted molar refractivity (Wildman–Crippen MR) is 105 cm³/mol. The molecule has 27 heavy (non-hydrogen) atoms. The molecule has 0 fully saturated rings. The summed E-state index contributed by atoms with van der Waals surface area (Å²) in [6.45, 7) is 0.192. The summed E-state index contributed by atoms with van der Waals surface area (Å²) in [6, 6.07) is 11.5. The van der Waals surface area contributed by atoms with Gasteiger partial charge in [-0.25, -0.2) is 4.98 Å². The molecule has 2 aromatic rings. The molecule has 0 aliphatic heterocycles. The highest BCUT2D eigenvalue weighted by Crippen LogP contribution is 2.26. The summed E-state index contributed by atoms with van der Waals surface area (Å²) in [7, 11) is 3.58. The Morgan fingerprint density at radius 3 is 2.56 bits per heavy atom. The van der Waals surface area contributed by atoms with Crippen molar-refractivity contribution in [2.24, 2.45) is 0 Å². The number of likely N-dealkylation sites (N-methyl/N-ethyl adjacent to an activating group) is 1. The van der Waals surface area contributed by atoms with Gasteiger partial charge in [0.2, 0.25) is 0 Å². The molecule has 0 saturated heterocycles. The molecule has 0 saturated carbocycles. The molecule has 1 aromatic heterocycles. The summed E-state index contributed by atoms with van der Waals surface area (Å²) in [6.07, 6.45) is 4.04. The molecule has 0 spiro atoms. The fraction of sp³-hybridized carbons (Fsp3) is 0.350. The summed E-state index contributed by atoms with van der Waals surface area (Å²) in [5.74, 6) is -0.167. The SMILES string of the molecule is CN(C)CC(=O)NNC(=O)c1cc2c(nc1Nc1ccccc1)CCCC2. The molecule has 0 bridgehead atoms. The van der Waals surface area contributed by atoms with E-state index in [0.29, 0.717) is 11.4 Å². The van der Waals surface area contributed by atoms with Crippen LogP contribution < -0.4 is 16.2 Å². The average Bonchev–Trinajstić information content (AvgIpc) is 2.66. The summed E-state index contributed by atoms with van der Waals surface area (Å²) in [4.78, 5) is 31.0. The van der Waals surface area contributed by atoms with Crippen molar-refractivity contribution in [3.63, 3.8) is 0 Å². The van der Waals surface area contributed by atoms with Crippen molar-refractivity contribution in [3.05, 3.63) is 53.2 Å². The number of benzene rings is 1. The lowest BCUT2D eigenvalue weighted by atomic mass is 9.94. The van der Waals surface area contributed by atoms with E-state index in [0.717, 1.165) is 42.6 Å². The number of rotatable bonds is 5. The third kappa shape index (κ3) is 5.04. The van der Waals surface area contributed by atoms with Crippen molar-refractivity contribution >= 4 is 23.3 Å². The first-order chi connectivity index (χ1) is 13.0. The van der Waals surface area contributed by atoms with Crippen LogP contribution >= 0.6 is 0 Å². The second-order valence-electron chi connectivity index (χ2n) is 6.93. The molecule has 1 aromatic carbocycles. The molecule has 1 aliphatic carbocycles. The fourth-order valence-corrected chi connectivity index (χ4v) is 3.08. The zero-order chi connectivity index (χ0) is 19.2. The number of hydrogen-bond acceptors (Lipinski definition) is 5. The molecule has 1 heterocycles. The fourth-order valence-electron chi connectivity index (χ4n) is 3.08. The number of carbonyl (C=O) groups is 2. The van der Waals surface area contributed by atoms with Crippen molar-refractivity contribution in [1.82, 2.24) is 20.7 Å². The highest BCUT2D eigenvalue weighted by molar-refractivity contribution is 6.00. The molecule has 3 rings (SSSR count).